The molecule has 0 radical (unpaired) electrons. The topological polar surface area (TPSA) is 71.7 Å². The van der Waals surface area contributed by atoms with Crippen molar-refractivity contribution in [1.82, 2.24) is 0 Å². The molecule has 0 fully saturated rings. The average Bonchev–Trinajstić information content (AvgIpc) is 2.48. The number of aliphatic imine (C=N–C) groups is 1. The molecule has 5 nitrogen and oxygen atoms in total. The number of benzene rings is 1. The maximum absolute atomic E-state index is 12.0. The van der Waals surface area contributed by atoms with Crippen LogP contribution in [-0.4, -0.2) is 31.9 Å². The summed E-state index contributed by atoms with van der Waals surface area (Å²) in [7, 11) is 0. The van der Waals surface area contributed by atoms with E-state index in [0.717, 1.165) is 5.56 Å². The first kappa shape index (κ1) is 17.6. The van der Waals surface area contributed by atoms with E-state index in [0.29, 0.717) is 13.0 Å². The minimum absolute atomic E-state index is 0.0918. The van der Waals surface area contributed by atoms with Crippen molar-refractivity contribution < 1.29 is 23.0 Å². The number of halogens is 2. The molecule has 0 aliphatic rings. The lowest BCUT2D eigenvalue weighted by molar-refractivity contribution is -0.143. The van der Waals surface area contributed by atoms with Crippen LogP contribution in [-0.2, 0) is 16.0 Å². The molecule has 0 spiro atoms. The highest BCUT2D eigenvalue weighted by molar-refractivity contribution is 5.92. The van der Waals surface area contributed by atoms with E-state index in [1.165, 1.54) is 18.3 Å². The molecule has 0 aromatic heterocycles. The summed E-state index contributed by atoms with van der Waals surface area (Å²) >= 11 is 0. The molecule has 7 heteroatoms. The summed E-state index contributed by atoms with van der Waals surface area (Å²) < 4.78 is 33.0. The van der Waals surface area contributed by atoms with Crippen LogP contribution in [0.4, 0.5) is 8.78 Å². The van der Waals surface area contributed by atoms with Gasteiger partial charge >= 0.3 is 12.6 Å². The van der Waals surface area contributed by atoms with Crippen LogP contribution >= 0.6 is 0 Å². The van der Waals surface area contributed by atoms with E-state index < -0.39 is 18.5 Å². The van der Waals surface area contributed by atoms with Gasteiger partial charge in [-0.3, -0.25) is 9.79 Å². The average molecular weight is 310 g/mol. The number of rotatable bonds is 8. The quantitative estimate of drug-likeness (QED) is 0.546. The zero-order valence-electron chi connectivity index (χ0n) is 12.0. The van der Waals surface area contributed by atoms with Gasteiger partial charge in [-0.05, 0) is 31.0 Å². The van der Waals surface area contributed by atoms with Crippen LogP contribution in [0, 0.1) is 17.2 Å². The smallest absolute Gasteiger partial charge is 0.387 e. The lowest BCUT2D eigenvalue weighted by Gasteiger charge is -2.05. The van der Waals surface area contributed by atoms with E-state index in [1.807, 2.05) is 0 Å². The van der Waals surface area contributed by atoms with Gasteiger partial charge in [0, 0.05) is 12.8 Å². The SMILES string of the molecule is CCOC(=O)[C@H](C#N)C=NCCc1ccc(OC(F)F)cc1. The van der Waals surface area contributed by atoms with Crippen molar-refractivity contribution in [1.29, 1.82) is 5.26 Å². The number of carbonyl (C=O) groups excluding carboxylic acids is 1. The fourth-order valence-electron chi connectivity index (χ4n) is 1.59. The van der Waals surface area contributed by atoms with Crippen molar-refractivity contribution in [2.75, 3.05) is 13.2 Å². The van der Waals surface area contributed by atoms with Crippen molar-refractivity contribution in [2.24, 2.45) is 10.9 Å². The van der Waals surface area contributed by atoms with E-state index in [2.05, 4.69) is 9.73 Å². The highest BCUT2D eigenvalue weighted by Gasteiger charge is 2.15. The molecule has 1 atom stereocenters. The Morgan fingerprint density at radius 1 is 1.41 bits per heavy atom. The summed E-state index contributed by atoms with van der Waals surface area (Å²) in [5.74, 6) is -1.54. The van der Waals surface area contributed by atoms with E-state index in [-0.39, 0.29) is 12.4 Å². The lowest BCUT2D eigenvalue weighted by atomic mass is 10.1. The van der Waals surface area contributed by atoms with Crippen LogP contribution in [0.15, 0.2) is 29.3 Å². The van der Waals surface area contributed by atoms with Gasteiger partial charge in [0.1, 0.15) is 5.75 Å². The molecule has 0 heterocycles. The number of ether oxygens (including phenoxy) is 2. The molecular formula is C15H16F2N2O3. The minimum Gasteiger partial charge on any atom is -0.465 e. The second-order valence-corrected chi connectivity index (χ2v) is 4.19. The summed E-state index contributed by atoms with van der Waals surface area (Å²) in [6, 6.07) is 8.00. The first-order valence-corrected chi connectivity index (χ1v) is 6.66. The Balaban J connectivity index is 2.44. The second kappa shape index (κ2) is 9.45. The summed E-state index contributed by atoms with van der Waals surface area (Å²) in [6.45, 7) is -0.615. The molecule has 118 valence electrons. The van der Waals surface area contributed by atoms with Gasteiger partial charge in [-0.25, -0.2) is 0 Å². The number of hydrogen-bond donors (Lipinski definition) is 0. The normalized spacial score (nSPS) is 12.1. The van der Waals surface area contributed by atoms with Gasteiger partial charge in [0.2, 0.25) is 0 Å². The van der Waals surface area contributed by atoms with Gasteiger partial charge in [0.15, 0.2) is 5.92 Å². The molecule has 0 aliphatic carbocycles. The number of alkyl halides is 2. The molecule has 22 heavy (non-hydrogen) atoms. The van der Waals surface area contributed by atoms with Gasteiger partial charge in [0.25, 0.3) is 0 Å². The zero-order chi connectivity index (χ0) is 16.4. The maximum Gasteiger partial charge on any atom is 0.387 e. The molecule has 0 aliphatic heterocycles. The van der Waals surface area contributed by atoms with Crippen molar-refractivity contribution in [3.05, 3.63) is 29.8 Å². The molecule has 0 saturated carbocycles. The van der Waals surface area contributed by atoms with E-state index in [4.69, 9.17) is 10.00 Å². The first-order valence-electron chi connectivity index (χ1n) is 6.66. The summed E-state index contributed by atoms with van der Waals surface area (Å²) in [6.07, 6.45) is 1.80. The number of esters is 1. The minimum atomic E-state index is -2.85. The molecule has 1 aromatic carbocycles. The lowest BCUT2D eigenvalue weighted by Crippen LogP contribution is -2.17. The summed E-state index contributed by atoms with van der Waals surface area (Å²) in [5, 5.41) is 8.82. The Morgan fingerprint density at radius 3 is 2.64 bits per heavy atom. The third-order valence-electron chi connectivity index (χ3n) is 2.61. The summed E-state index contributed by atoms with van der Waals surface area (Å²) in [4.78, 5) is 15.4. The fraction of sp³-hybridized carbons (Fsp3) is 0.400. The Kier molecular flexibility index (Phi) is 7.54. The van der Waals surface area contributed by atoms with Crippen LogP contribution < -0.4 is 4.74 Å². The first-order chi connectivity index (χ1) is 10.6. The van der Waals surface area contributed by atoms with E-state index in [1.54, 1.807) is 25.1 Å². The van der Waals surface area contributed by atoms with Crippen LogP contribution in [0.5, 0.6) is 5.75 Å². The molecule has 1 aromatic rings. The van der Waals surface area contributed by atoms with Crippen molar-refractivity contribution >= 4 is 12.2 Å². The highest BCUT2D eigenvalue weighted by atomic mass is 19.3. The van der Waals surface area contributed by atoms with Crippen LogP contribution in [0.2, 0.25) is 0 Å². The predicted molar refractivity (Wildman–Crippen MR) is 75.9 cm³/mol. The third kappa shape index (κ3) is 6.31. The van der Waals surface area contributed by atoms with Crippen molar-refractivity contribution in [2.45, 2.75) is 20.0 Å². The van der Waals surface area contributed by atoms with Crippen LogP contribution in [0.25, 0.3) is 0 Å². The molecule has 0 unspecified atom stereocenters. The zero-order valence-corrected chi connectivity index (χ0v) is 12.0. The molecule has 0 amide bonds. The van der Waals surface area contributed by atoms with Crippen molar-refractivity contribution in [3.8, 4) is 11.8 Å². The Hall–Kier alpha value is -2.49. The number of carbonyl (C=O) groups is 1. The predicted octanol–water partition coefficient (Wildman–Crippen LogP) is 2.60. The Labute approximate surface area is 127 Å². The maximum atomic E-state index is 12.0. The number of nitrogens with zero attached hydrogens (tertiary/aromatic N) is 2. The van der Waals surface area contributed by atoms with E-state index in [9.17, 15) is 13.6 Å². The van der Waals surface area contributed by atoms with Crippen LogP contribution in [0.3, 0.4) is 0 Å². The van der Waals surface area contributed by atoms with E-state index >= 15 is 0 Å². The van der Waals surface area contributed by atoms with Gasteiger partial charge in [-0.1, -0.05) is 12.1 Å². The largest absolute Gasteiger partial charge is 0.465 e. The van der Waals surface area contributed by atoms with Gasteiger partial charge in [0.05, 0.1) is 12.7 Å². The Bertz CT molecular complexity index is 539. The van der Waals surface area contributed by atoms with Gasteiger partial charge in [-0.2, -0.15) is 14.0 Å². The molecular weight excluding hydrogens is 294 g/mol. The standard InChI is InChI=1S/C15H16F2N2O3/c1-2-21-14(20)12(9-18)10-19-8-7-11-3-5-13(6-4-11)22-15(16)17/h3-6,10,12,15H,2,7-8H2,1H3/t12-/m1/s1. The van der Waals surface area contributed by atoms with Gasteiger partial charge < -0.3 is 9.47 Å². The monoisotopic (exact) mass is 310 g/mol. The van der Waals surface area contributed by atoms with Crippen molar-refractivity contribution in [3.63, 3.8) is 0 Å². The summed E-state index contributed by atoms with van der Waals surface area (Å²) in [5.41, 5.74) is 0.878. The fourth-order valence-corrected chi connectivity index (χ4v) is 1.59. The van der Waals surface area contributed by atoms with Gasteiger partial charge in [-0.15, -0.1) is 0 Å². The molecule has 1 rings (SSSR count). The third-order valence-corrected chi connectivity index (χ3v) is 2.61. The molecule has 0 saturated heterocycles. The number of hydrogen-bond acceptors (Lipinski definition) is 5. The molecule has 0 bridgehead atoms. The second-order valence-electron chi connectivity index (χ2n) is 4.19. The molecule has 0 N–H and O–H groups in total. The van der Waals surface area contributed by atoms with Crippen LogP contribution in [0.1, 0.15) is 12.5 Å². The Morgan fingerprint density at radius 2 is 2.09 bits per heavy atom. The highest BCUT2D eigenvalue weighted by Crippen LogP contribution is 2.15. The number of nitriles is 1.